The van der Waals surface area contributed by atoms with Gasteiger partial charge in [0.05, 0.1) is 33.2 Å². The van der Waals surface area contributed by atoms with Gasteiger partial charge in [0.25, 0.3) is 0 Å². The lowest BCUT2D eigenvalue weighted by Crippen LogP contribution is -2.28. The Balaban J connectivity index is 2.55. The summed E-state index contributed by atoms with van der Waals surface area (Å²) in [5.74, 6) is 1.84. The van der Waals surface area contributed by atoms with Crippen LogP contribution in [0.4, 0.5) is 11.4 Å². The molecular formula is C20H26N2O3. The Morgan fingerprint density at radius 3 is 2.28 bits per heavy atom. The molecule has 134 valence electrons. The topological polar surface area (TPSA) is 43.8 Å². The van der Waals surface area contributed by atoms with E-state index in [4.69, 9.17) is 14.2 Å². The molecule has 0 fully saturated rings. The van der Waals surface area contributed by atoms with Gasteiger partial charge in [-0.05, 0) is 31.9 Å². The molecule has 0 saturated heterocycles. The second kappa shape index (κ2) is 8.97. The third-order valence-corrected chi connectivity index (χ3v) is 4.08. The Bertz CT molecular complexity index is 664. The van der Waals surface area contributed by atoms with E-state index >= 15 is 0 Å². The highest BCUT2D eigenvalue weighted by atomic mass is 16.5. The fraction of sp³-hybridized carbons (Fsp3) is 0.350. The van der Waals surface area contributed by atoms with E-state index in [2.05, 4.69) is 23.4 Å². The van der Waals surface area contributed by atoms with E-state index < -0.39 is 0 Å². The largest absolute Gasteiger partial charge is 0.493 e. The van der Waals surface area contributed by atoms with Crippen molar-refractivity contribution in [3.63, 3.8) is 0 Å². The van der Waals surface area contributed by atoms with Gasteiger partial charge in [0.2, 0.25) is 5.75 Å². The van der Waals surface area contributed by atoms with Crippen LogP contribution in [0.5, 0.6) is 17.2 Å². The first-order valence-corrected chi connectivity index (χ1v) is 8.26. The molecule has 0 aliphatic carbocycles. The highest BCUT2D eigenvalue weighted by molar-refractivity contribution is 5.70. The van der Waals surface area contributed by atoms with Crippen LogP contribution in [-0.4, -0.2) is 32.4 Å². The number of methoxy groups -OCH3 is 3. The van der Waals surface area contributed by atoms with Crippen LogP contribution in [0.3, 0.4) is 0 Å². The van der Waals surface area contributed by atoms with Crippen molar-refractivity contribution in [2.45, 2.75) is 25.8 Å². The molecule has 1 aromatic heterocycles. The zero-order valence-corrected chi connectivity index (χ0v) is 15.4. The fourth-order valence-corrected chi connectivity index (χ4v) is 2.85. The Kier molecular flexibility index (Phi) is 6.69. The van der Waals surface area contributed by atoms with E-state index in [-0.39, 0.29) is 6.04 Å². The SMILES string of the molecule is C=CCCC(C)N(c1cccnc1)c1cc(OC)c(OC)c(OC)c1. The molecule has 1 atom stereocenters. The summed E-state index contributed by atoms with van der Waals surface area (Å²) < 4.78 is 16.4. The van der Waals surface area contributed by atoms with Crippen LogP contribution in [0, 0.1) is 0 Å². The van der Waals surface area contributed by atoms with Crippen molar-refractivity contribution in [1.29, 1.82) is 0 Å². The van der Waals surface area contributed by atoms with E-state index in [1.807, 2.05) is 36.5 Å². The van der Waals surface area contributed by atoms with Gasteiger partial charge < -0.3 is 19.1 Å². The van der Waals surface area contributed by atoms with Crippen LogP contribution in [0.15, 0.2) is 49.3 Å². The quantitative estimate of drug-likeness (QED) is 0.623. The molecule has 0 radical (unpaired) electrons. The molecule has 2 aromatic rings. The van der Waals surface area contributed by atoms with Gasteiger partial charge in [-0.25, -0.2) is 0 Å². The molecule has 5 heteroatoms. The van der Waals surface area contributed by atoms with Gasteiger partial charge in [-0.1, -0.05) is 6.08 Å². The zero-order valence-electron chi connectivity index (χ0n) is 15.4. The summed E-state index contributed by atoms with van der Waals surface area (Å²) in [7, 11) is 4.85. The lowest BCUT2D eigenvalue weighted by atomic mass is 10.1. The second-order valence-electron chi connectivity index (χ2n) is 5.68. The highest BCUT2D eigenvalue weighted by Crippen LogP contribution is 2.43. The molecule has 2 rings (SSSR count). The van der Waals surface area contributed by atoms with Crippen LogP contribution >= 0.6 is 0 Å². The second-order valence-corrected chi connectivity index (χ2v) is 5.68. The van der Waals surface area contributed by atoms with Crippen LogP contribution < -0.4 is 19.1 Å². The number of hydrogen-bond acceptors (Lipinski definition) is 5. The first-order valence-electron chi connectivity index (χ1n) is 8.26. The minimum absolute atomic E-state index is 0.241. The van der Waals surface area contributed by atoms with Gasteiger partial charge in [0.1, 0.15) is 0 Å². The normalized spacial score (nSPS) is 11.5. The number of nitrogens with zero attached hydrogens (tertiary/aromatic N) is 2. The summed E-state index contributed by atoms with van der Waals surface area (Å²) in [5, 5.41) is 0. The number of hydrogen-bond donors (Lipinski definition) is 0. The van der Waals surface area contributed by atoms with E-state index in [0.29, 0.717) is 17.2 Å². The molecule has 1 unspecified atom stereocenters. The summed E-state index contributed by atoms with van der Waals surface area (Å²) in [4.78, 5) is 6.49. The fourth-order valence-electron chi connectivity index (χ4n) is 2.85. The summed E-state index contributed by atoms with van der Waals surface area (Å²) >= 11 is 0. The first-order chi connectivity index (χ1) is 12.2. The number of rotatable bonds is 9. The van der Waals surface area contributed by atoms with Crippen molar-refractivity contribution in [3.8, 4) is 17.2 Å². The highest BCUT2D eigenvalue weighted by Gasteiger charge is 2.21. The van der Waals surface area contributed by atoms with Crippen molar-refractivity contribution in [2.75, 3.05) is 26.2 Å². The van der Waals surface area contributed by atoms with Crippen LogP contribution in [0.1, 0.15) is 19.8 Å². The molecule has 5 nitrogen and oxygen atoms in total. The van der Waals surface area contributed by atoms with Crippen molar-refractivity contribution in [2.24, 2.45) is 0 Å². The number of anilines is 2. The maximum atomic E-state index is 5.50. The van der Waals surface area contributed by atoms with Gasteiger partial charge in [-0.2, -0.15) is 0 Å². The molecule has 0 amide bonds. The van der Waals surface area contributed by atoms with Crippen LogP contribution in [0.2, 0.25) is 0 Å². The standard InChI is InChI=1S/C20H26N2O3/c1-6-7-9-15(2)22(16-10-8-11-21-14-16)17-12-18(23-3)20(25-5)19(13-17)24-4/h6,8,10-15H,1,7,9H2,2-5H3. The van der Waals surface area contributed by atoms with Gasteiger partial charge in [0, 0.05) is 30.1 Å². The molecule has 25 heavy (non-hydrogen) atoms. The molecule has 1 aromatic carbocycles. The molecule has 0 bridgehead atoms. The van der Waals surface area contributed by atoms with Crippen molar-refractivity contribution >= 4 is 11.4 Å². The molecule has 0 spiro atoms. The summed E-state index contributed by atoms with van der Waals surface area (Å²) in [6.45, 7) is 6.01. The maximum absolute atomic E-state index is 5.50. The van der Waals surface area contributed by atoms with Gasteiger partial charge in [0.15, 0.2) is 11.5 Å². The predicted molar refractivity (Wildman–Crippen MR) is 101 cm³/mol. The van der Waals surface area contributed by atoms with E-state index in [1.54, 1.807) is 27.5 Å². The Hall–Kier alpha value is -2.69. The minimum Gasteiger partial charge on any atom is -0.493 e. The smallest absolute Gasteiger partial charge is 0.203 e. The molecule has 0 aliphatic heterocycles. The summed E-state index contributed by atoms with van der Waals surface area (Å²) in [6, 6.07) is 8.13. The monoisotopic (exact) mass is 342 g/mol. The van der Waals surface area contributed by atoms with Gasteiger partial charge in [-0.3, -0.25) is 4.98 Å². The lowest BCUT2D eigenvalue weighted by molar-refractivity contribution is 0.324. The zero-order chi connectivity index (χ0) is 18.2. The van der Waals surface area contributed by atoms with Crippen LogP contribution in [0.25, 0.3) is 0 Å². The molecule has 0 saturated carbocycles. The summed E-state index contributed by atoms with van der Waals surface area (Å²) in [6.07, 6.45) is 7.46. The van der Waals surface area contributed by atoms with Crippen molar-refractivity contribution < 1.29 is 14.2 Å². The van der Waals surface area contributed by atoms with Crippen LogP contribution in [-0.2, 0) is 0 Å². The average molecular weight is 342 g/mol. The first kappa shape index (κ1) is 18.6. The predicted octanol–water partition coefficient (Wildman–Crippen LogP) is 4.60. The Morgan fingerprint density at radius 1 is 1.12 bits per heavy atom. The molecule has 1 heterocycles. The molecular weight excluding hydrogens is 316 g/mol. The Labute approximate surface area is 149 Å². The maximum Gasteiger partial charge on any atom is 0.203 e. The molecule has 0 aliphatic rings. The average Bonchev–Trinajstić information content (AvgIpc) is 2.66. The van der Waals surface area contributed by atoms with Crippen molar-refractivity contribution in [3.05, 3.63) is 49.3 Å². The van der Waals surface area contributed by atoms with E-state index in [0.717, 1.165) is 24.2 Å². The third-order valence-electron chi connectivity index (χ3n) is 4.08. The van der Waals surface area contributed by atoms with Gasteiger partial charge >= 0.3 is 0 Å². The third kappa shape index (κ3) is 4.24. The Morgan fingerprint density at radius 2 is 1.80 bits per heavy atom. The summed E-state index contributed by atoms with van der Waals surface area (Å²) in [5.41, 5.74) is 1.97. The number of aromatic nitrogens is 1. The van der Waals surface area contributed by atoms with Gasteiger partial charge in [-0.15, -0.1) is 6.58 Å². The number of pyridine rings is 1. The number of allylic oxidation sites excluding steroid dienone is 1. The minimum atomic E-state index is 0.241. The number of benzene rings is 1. The lowest BCUT2D eigenvalue weighted by Gasteiger charge is -2.32. The van der Waals surface area contributed by atoms with E-state index in [1.165, 1.54) is 0 Å². The van der Waals surface area contributed by atoms with E-state index in [9.17, 15) is 0 Å². The van der Waals surface area contributed by atoms with Crippen molar-refractivity contribution in [1.82, 2.24) is 4.98 Å². The molecule has 0 N–H and O–H groups in total. The number of ether oxygens (including phenoxy) is 3.